The molecule has 114 valence electrons. The zero-order chi connectivity index (χ0) is 14.9. The van der Waals surface area contributed by atoms with E-state index in [4.69, 9.17) is 0 Å². The average molecular weight is 300 g/mol. The van der Waals surface area contributed by atoms with Crippen LogP contribution in [0.4, 0.5) is 0 Å². The minimum Gasteiger partial charge on any atom is -0.390 e. The molecule has 0 saturated carbocycles. The standard InChI is InChI=1S/C14H24N2O3S/c1-4-15-9-14(8-13(15)10-17)20(18,19)16-6-5-11(2)7-12(16)3/h8-9,11-12,17H,4-7,10H2,1-3H3. The molecule has 0 bridgehead atoms. The van der Waals surface area contributed by atoms with E-state index in [1.54, 1.807) is 21.1 Å². The van der Waals surface area contributed by atoms with Crippen LogP contribution in [0, 0.1) is 5.92 Å². The molecule has 1 N–H and O–H groups in total. The van der Waals surface area contributed by atoms with Crippen molar-refractivity contribution in [3.05, 3.63) is 18.0 Å². The normalized spacial score (nSPS) is 25.0. The molecule has 1 saturated heterocycles. The zero-order valence-corrected chi connectivity index (χ0v) is 13.2. The van der Waals surface area contributed by atoms with Gasteiger partial charge in [0.2, 0.25) is 10.0 Å². The van der Waals surface area contributed by atoms with Gasteiger partial charge in [0.15, 0.2) is 0 Å². The lowest BCUT2D eigenvalue weighted by Crippen LogP contribution is -2.43. The molecule has 1 aliphatic heterocycles. The topological polar surface area (TPSA) is 62.5 Å². The first kappa shape index (κ1) is 15.5. The zero-order valence-electron chi connectivity index (χ0n) is 12.4. The van der Waals surface area contributed by atoms with E-state index in [0.717, 1.165) is 12.8 Å². The largest absolute Gasteiger partial charge is 0.390 e. The van der Waals surface area contributed by atoms with Crippen LogP contribution in [-0.4, -0.2) is 35.0 Å². The number of hydrogen-bond donors (Lipinski definition) is 1. The third-order valence-electron chi connectivity index (χ3n) is 4.15. The maximum Gasteiger partial charge on any atom is 0.244 e. The van der Waals surface area contributed by atoms with Crippen LogP contribution in [0.2, 0.25) is 0 Å². The van der Waals surface area contributed by atoms with Crippen molar-refractivity contribution in [2.75, 3.05) is 6.54 Å². The van der Waals surface area contributed by atoms with Crippen molar-refractivity contribution in [2.24, 2.45) is 5.92 Å². The number of aliphatic hydroxyl groups is 1. The fourth-order valence-electron chi connectivity index (χ4n) is 2.97. The molecule has 1 aliphatic rings. The summed E-state index contributed by atoms with van der Waals surface area (Å²) in [5.41, 5.74) is 0.643. The third-order valence-corrected chi connectivity index (χ3v) is 6.13. The number of sulfonamides is 1. The first-order valence-electron chi connectivity index (χ1n) is 7.21. The van der Waals surface area contributed by atoms with E-state index >= 15 is 0 Å². The number of aromatic nitrogens is 1. The lowest BCUT2D eigenvalue weighted by atomic mass is 9.95. The van der Waals surface area contributed by atoms with Crippen molar-refractivity contribution in [3.8, 4) is 0 Å². The molecule has 1 fully saturated rings. The van der Waals surface area contributed by atoms with Gasteiger partial charge in [-0.2, -0.15) is 4.31 Å². The molecule has 6 heteroatoms. The summed E-state index contributed by atoms with van der Waals surface area (Å²) in [6.07, 6.45) is 3.44. The van der Waals surface area contributed by atoms with Crippen molar-refractivity contribution in [1.29, 1.82) is 0 Å². The van der Waals surface area contributed by atoms with E-state index in [1.807, 2.05) is 13.8 Å². The first-order chi connectivity index (χ1) is 9.40. The van der Waals surface area contributed by atoms with Crippen LogP contribution in [-0.2, 0) is 23.2 Å². The summed E-state index contributed by atoms with van der Waals surface area (Å²) in [6, 6.07) is 1.62. The Morgan fingerprint density at radius 1 is 1.40 bits per heavy atom. The highest BCUT2D eigenvalue weighted by atomic mass is 32.2. The molecule has 5 nitrogen and oxygen atoms in total. The Kier molecular flexibility index (Phi) is 4.56. The van der Waals surface area contributed by atoms with Crippen LogP contribution in [0.1, 0.15) is 39.3 Å². The van der Waals surface area contributed by atoms with Gasteiger partial charge in [0.1, 0.15) is 4.90 Å². The van der Waals surface area contributed by atoms with Gasteiger partial charge < -0.3 is 9.67 Å². The lowest BCUT2D eigenvalue weighted by Gasteiger charge is -2.35. The van der Waals surface area contributed by atoms with Crippen LogP contribution in [0.15, 0.2) is 17.2 Å². The smallest absolute Gasteiger partial charge is 0.244 e. The van der Waals surface area contributed by atoms with Gasteiger partial charge in [0, 0.05) is 31.0 Å². The van der Waals surface area contributed by atoms with E-state index in [-0.39, 0.29) is 12.6 Å². The Hall–Kier alpha value is -0.850. The van der Waals surface area contributed by atoms with Crippen LogP contribution in [0.3, 0.4) is 0 Å². The second kappa shape index (κ2) is 5.87. The van der Waals surface area contributed by atoms with Gasteiger partial charge in [-0.1, -0.05) is 6.92 Å². The Balaban J connectivity index is 2.32. The van der Waals surface area contributed by atoms with E-state index in [9.17, 15) is 13.5 Å². The van der Waals surface area contributed by atoms with Gasteiger partial charge in [-0.25, -0.2) is 8.42 Å². The molecule has 0 aliphatic carbocycles. The number of aryl methyl sites for hydroxylation is 1. The maximum atomic E-state index is 12.7. The minimum atomic E-state index is -3.46. The summed E-state index contributed by atoms with van der Waals surface area (Å²) in [5.74, 6) is 0.574. The van der Waals surface area contributed by atoms with Gasteiger partial charge in [0.05, 0.1) is 6.61 Å². The number of nitrogens with zero attached hydrogens (tertiary/aromatic N) is 2. The van der Waals surface area contributed by atoms with E-state index in [2.05, 4.69) is 6.92 Å². The van der Waals surface area contributed by atoms with Gasteiger partial charge in [-0.15, -0.1) is 0 Å². The summed E-state index contributed by atoms with van der Waals surface area (Å²) in [7, 11) is -3.46. The quantitative estimate of drug-likeness (QED) is 0.922. The summed E-state index contributed by atoms with van der Waals surface area (Å²) in [5, 5.41) is 9.30. The average Bonchev–Trinajstić information content (AvgIpc) is 2.82. The molecular formula is C14H24N2O3S. The van der Waals surface area contributed by atoms with Crippen LogP contribution in [0.5, 0.6) is 0 Å². The Bertz CT molecular complexity index is 543. The van der Waals surface area contributed by atoms with Crippen molar-refractivity contribution < 1.29 is 13.5 Å². The number of rotatable bonds is 4. The molecule has 2 atom stereocenters. The van der Waals surface area contributed by atoms with Crippen molar-refractivity contribution in [2.45, 2.75) is 57.7 Å². The summed E-state index contributed by atoms with van der Waals surface area (Å²) in [4.78, 5) is 0.296. The van der Waals surface area contributed by atoms with E-state index < -0.39 is 10.0 Å². The predicted molar refractivity (Wildman–Crippen MR) is 77.8 cm³/mol. The van der Waals surface area contributed by atoms with Crippen LogP contribution < -0.4 is 0 Å². The van der Waals surface area contributed by atoms with Crippen LogP contribution in [0.25, 0.3) is 0 Å². The highest BCUT2D eigenvalue weighted by Gasteiger charge is 2.34. The second-order valence-electron chi connectivity index (χ2n) is 5.71. The Labute approximate surface area is 121 Å². The summed E-state index contributed by atoms with van der Waals surface area (Å²) < 4.78 is 28.8. The van der Waals surface area contributed by atoms with Gasteiger partial charge in [-0.3, -0.25) is 0 Å². The molecule has 20 heavy (non-hydrogen) atoms. The summed E-state index contributed by atoms with van der Waals surface area (Å²) in [6.45, 7) is 7.15. The van der Waals surface area contributed by atoms with Gasteiger partial charge >= 0.3 is 0 Å². The summed E-state index contributed by atoms with van der Waals surface area (Å²) >= 11 is 0. The van der Waals surface area contributed by atoms with Crippen LogP contribution >= 0.6 is 0 Å². The molecule has 1 aromatic heterocycles. The molecule has 0 spiro atoms. The molecule has 2 unspecified atom stereocenters. The van der Waals surface area contributed by atoms with E-state index in [1.165, 1.54) is 0 Å². The SMILES string of the molecule is CCn1cc(S(=O)(=O)N2CCC(C)CC2C)cc1CO. The second-order valence-corrected chi connectivity index (χ2v) is 7.60. The first-order valence-corrected chi connectivity index (χ1v) is 8.65. The van der Waals surface area contributed by atoms with Crippen molar-refractivity contribution >= 4 is 10.0 Å². The van der Waals surface area contributed by atoms with E-state index in [0.29, 0.717) is 29.6 Å². The lowest BCUT2D eigenvalue weighted by molar-refractivity contribution is 0.220. The molecule has 0 radical (unpaired) electrons. The predicted octanol–water partition coefficient (Wildman–Crippen LogP) is 1.81. The fraction of sp³-hybridized carbons (Fsp3) is 0.714. The highest BCUT2D eigenvalue weighted by molar-refractivity contribution is 7.89. The number of piperidine rings is 1. The molecule has 2 rings (SSSR count). The minimum absolute atomic E-state index is 0.0336. The Morgan fingerprint density at radius 2 is 2.10 bits per heavy atom. The van der Waals surface area contributed by atoms with Gasteiger partial charge in [0.25, 0.3) is 0 Å². The highest BCUT2D eigenvalue weighted by Crippen LogP contribution is 2.29. The number of hydrogen-bond acceptors (Lipinski definition) is 3. The van der Waals surface area contributed by atoms with Gasteiger partial charge in [-0.05, 0) is 38.7 Å². The van der Waals surface area contributed by atoms with Crippen molar-refractivity contribution in [1.82, 2.24) is 8.87 Å². The monoisotopic (exact) mass is 300 g/mol. The Morgan fingerprint density at radius 3 is 2.60 bits per heavy atom. The fourth-order valence-corrected chi connectivity index (χ4v) is 4.69. The number of aliphatic hydroxyl groups excluding tert-OH is 1. The third kappa shape index (κ3) is 2.77. The molecule has 0 amide bonds. The molecule has 2 heterocycles. The molecule has 0 aromatic carbocycles. The van der Waals surface area contributed by atoms with Crippen molar-refractivity contribution in [3.63, 3.8) is 0 Å². The maximum absolute atomic E-state index is 12.7. The molecule has 1 aromatic rings. The molecular weight excluding hydrogens is 276 g/mol.